The summed E-state index contributed by atoms with van der Waals surface area (Å²) in [4.78, 5) is 0. The monoisotopic (exact) mass is 263 g/mol. The number of benzene rings is 2. The van der Waals surface area contributed by atoms with Gasteiger partial charge < -0.3 is 5.32 Å². The number of anilines is 1. The summed E-state index contributed by atoms with van der Waals surface area (Å²) >= 11 is 0. The van der Waals surface area contributed by atoms with Crippen molar-refractivity contribution in [3.8, 4) is 11.1 Å². The lowest BCUT2D eigenvalue weighted by molar-refractivity contribution is 0.466. The normalized spacial score (nSPS) is 21.7. The Labute approximate surface area is 121 Å². The zero-order valence-corrected chi connectivity index (χ0v) is 11.8. The molecule has 2 aromatic carbocycles. The number of hydrogen-bond donors (Lipinski definition) is 1. The second-order valence-corrected chi connectivity index (χ2v) is 6.24. The molecule has 0 bridgehead atoms. The van der Waals surface area contributed by atoms with Gasteiger partial charge in [-0.3, -0.25) is 0 Å². The first-order chi connectivity index (χ1) is 9.90. The average Bonchev–Trinajstić information content (AvgIpc) is 3.16. The fourth-order valence-electron chi connectivity index (χ4n) is 3.85. The van der Waals surface area contributed by atoms with E-state index in [1.165, 1.54) is 54.5 Å². The van der Waals surface area contributed by atoms with E-state index in [1.807, 2.05) is 0 Å². The minimum Gasteiger partial charge on any atom is -0.381 e. The Bertz CT molecular complexity index is 596. The minimum absolute atomic E-state index is 0.679. The van der Waals surface area contributed by atoms with Crippen LogP contribution in [-0.4, -0.2) is 6.04 Å². The lowest BCUT2D eigenvalue weighted by Gasteiger charge is -2.18. The topological polar surface area (TPSA) is 12.0 Å². The molecule has 1 nitrogen and oxygen atoms in total. The molecule has 1 heterocycles. The fourth-order valence-corrected chi connectivity index (χ4v) is 3.85. The first kappa shape index (κ1) is 12.0. The Kier molecular flexibility index (Phi) is 2.99. The van der Waals surface area contributed by atoms with Crippen molar-refractivity contribution in [2.24, 2.45) is 5.92 Å². The van der Waals surface area contributed by atoms with E-state index in [4.69, 9.17) is 0 Å². The van der Waals surface area contributed by atoms with Gasteiger partial charge in [0.05, 0.1) is 0 Å². The van der Waals surface area contributed by atoms with Gasteiger partial charge in [-0.2, -0.15) is 0 Å². The Balaban J connectivity index is 1.60. The molecule has 1 fully saturated rings. The van der Waals surface area contributed by atoms with E-state index in [9.17, 15) is 0 Å². The lowest BCUT2D eigenvalue weighted by Crippen LogP contribution is -2.24. The van der Waals surface area contributed by atoms with Crippen molar-refractivity contribution in [3.63, 3.8) is 0 Å². The molecule has 0 amide bonds. The van der Waals surface area contributed by atoms with Crippen LogP contribution in [-0.2, 0) is 6.42 Å². The van der Waals surface area contributed by atoms with Crippen LogP contribution >= 0.6 is 0 Å². The summed E-state index contributed by atoms with van der Waals surface area (Å²) in [5.41, 5.74) is 5.53. The molecule has 1 saturated carbocycles. The Morgan fingerprint density at radius 2 is 1.65 bits per heavy atom. The molecule has 0 saturated heterocycles. The Morgan fingerprint density at radius 1 is 0.850 bits per heavy atom. The zero-order valence-electron chi connectivity index (χ0n) is 11.8. The summed E-state index contributed by atoms with van der Waals surface area (Å²) in [5.74, 6) is 0.891. The predicted octanol–water partition coefficient (Wildman–Crippen LogP) is 4.88. The first-order valence-corrected chi connectivity index (χ1v) is 7.85. The van der Waals surface area contributed by atoms with E-state index >= 15 is 0 Å². The van der Waals surface area contributed by atoms with Crippen LogP contribution in [0.3, 0.4) is 0 Å². The molecule has 2 aliphatic rings. The van der Waals surface area contributed by atoms with E-state index < -0.39 is 0 Å². The SMILES string of the molecule is c1ccc(-c2ccc3c(c2)CC(C2CCCC2)N3)cc1. The highest BCUT2D eigenvalue weighted by molar-refractivity contribution is 5.70. The van der Waals surface area contributed by atoms with Crippen molar-refractivity contribution in [1.82, 2.24) is 0 Å². The van der Waals surface area contributed by atoms with Crippen LogP contribution in [0, 0.1) is 5.92 Å². The molecule has 4 rings (SSSR count). The van der Waals surface area contributed by atoms with Crippen LogP contribution in [0.2, 0.25) is 0 Å². The molecule has 1 heteroatoms. The van der Waals surface area contributed by atoms with E-state index in [2.05, 4.69) is 53.8 Å². The molecule has 0 aromatic heterocycles. The second-order valence-electron chi connectivity index (χ2n) is 6.24. The molecule has 20 heavy (non-hydrogen) atoms. The average molecular weight is 263 g/mol. The van der Waals surface area contributed by atoms with Gasteiger partial charge in [0, 0.05) is 11.7 Å². The van der Waals surface area contributed by atoms with E-state index in [0.717, 1.165) is 5.92 Å². The van der Waals surface area contributed by atoms with Gasteiger partial charge in [0.25, 0.3) is 0 Å². The Morgan fingerprint density at radius 3 is 2.45 bits per heavy atom. The van der Waals surface area contributed by atoms with Gasteiger partial charge in [-0.1, -0.05) is 49.2 Å². The molecular weight excluding hydrogens is 242 g/mol. The number of fused-ring (bicyclic) bond motifs is 1. The van der Waals surface area contributed by atoms with Crippen LogP contribution in [0.15, 0.2) is 48.5 Å². The summed E-state index contributed by atoms with van der Waals surface area (Å²) in [7, 11) is 0. The smallest absolute Gasteiger partial charge is 0.0376 e. The number of hydrogen-bond acceptors (Lipinski definition) is 1. The molecular formula is C19H21N. The predicted molar refractivity (Wildman–Crippen MR) is 85.0 cm³/mol. The lowest BCUT2D eigenvalue weighted by atomic mass is 9.94. The van der Waals surface area contributed by atoms with Gasteiger partial charge in [-0.25, -0.2) is 0 Å². The van der Waals surface area contributed by atoms with Crippen molar-refractivity contribution in [1.29, 1.82) is 0 Å². The molecule has 1 atom stereocenters. The summed E-state index contributed by atoms with van der Waals surface area (Å²) in [5, 5.41) is 3.76. The number of rotatable bonds is 2. The van der Waals surface area contributed by atoms with Crippen LogP contribution in [0.1, 0.15) is 31.2 Å². The fraction of sp³-hybridized carbons (Fsp3) is 0.368. The van der Waals surface area contributed by atoms with E-state index in [0.29, 0.717) is 6.04 Å². The molecule has 0 spiro atoms. The quantitative estimate of drug-likeness (QED) is 0.814. The molecule has 1 unspecified atom stereocenters. The third-order valence-electron chi connectivity index (χ3n) is 4.96. The van der Waals surface area contributed by atoms with Gasteiger partial charge in [0.2, 0.25) is 0 Å². The first-order valence-electron chi connectivity index (χ1n) is 7.85. The maximum atomic E-state index is 3.76. The van der Waals surface area contributed by atoms with Crippen LogP contribution in [0.5, 0.6) is 0 Å². The Hall–Kier alpha value is -1.76. The summed E-state index contributed by atoms with van der Waals surface area (Å²) in [6, 6.07) is 18.3. The van der Waals surface area contributed by atoms with Crippen LogP contribution in [0.25, 0.3) is 11.1 Å². The minimum atomic E-state index is 0.679. The van der Waals surface area contributed by atoms with E-state index in [-0.39, 0.29) is 0 Å². The highest BCUT2D eigenvalue weighted by Crippen LogP contribution is 2.37. The maximum Gasteiger partial charge on any atom is 0.0376 e. The van der Waals surface area contributed by atoms with Gasteiger partial charge in [-0.05, 0) is 54.0 Å². The molecule has 1 N–H and O–H groups in total. The summed E-state index contributed by atoms with van der Waals surface area (Å²) in [6.45, 7) is 0. The van der Waals surface area contributed by atoms with Crippen LogP contribution < -0.4 is 5.32 Å². The summed E-state index contributed by atoms with van der Waals surface area (Å²) in [6.07, 6.45) is 6.89. The van der Waals surface area contributed by atoms with Crippen LogP contribution in [0.4, 0.5) is 5.69 Å². The molecule has 1 aliphatic carbocycles. The highest BCUT2D eigenvalue weighted by atomic mass is 15.0. The van der Waals surface area contributed by atoms with Crippen molar-refractivity contribution in [2.75, 3.05) is 5.32 Å². The maximum absolute atomic E-state index is 3.76. The molecule has 1 aliphatic heterocycles. The van der Waals surface area contributed by atoms with E-state index in [1.54, 1.807) is 0 Å². The molecule has 2 aromatic rings. The summed E-state index contributed by atoms with van der Waals surface area (Å²) < 4.78 is 0. The van der Waals surface area contributed by atoms with Crippen molar-refractivity contribution in [3.05, 3.63) is 54.1 Å². The largest absolute Gasteiger partial charge is 0.381 e. The van der Waals surface area contributed by atoms with Crippen molar-refractivity contribution >= 4 is 5.69 Å². The second kappa shape index (κ2) is 4.97. The molecule has 102 valence electrons. The third kappa shape index (κ3) is 2.11. The van der Waals surface area contributed by atoms with Gasteiger partial charge in [0.15, 0.2) is 0 Å². The van der Waals surface area contributed by atoms with Gasteiger partial charge >= 0.3 is 0 Å². The highest BCUT2D eigenvalue weighted by Gasteiger charge is 2.30. The van der Waals surface area contributed by atoms with Gasteiger partial charge in [0.1, 0.15) is 0 Å². The molecule has 0 radical (unpaired) electrons. The zero-order chi connectivity index (χ0) is 13.4. The van der Waals surface area contributed by atoms with Crippen molar-refractivity contribution in [2.45, 2.75) is 38.1 Å². The van der Waals surface area contributed by atoms with Crippen molar-refractivity contribution < 1.29 is 0 Å². The standard InChI is InChI=1S/C19H21N/c1-2-6-14(7-3-1)16-10-11-18-17(12-16)13-19(20-18)15-8-4-5-9-15/h1-3,6-7,10-12,15,19-20H,4-5,8-9,13H2. The van der Waals surface area contributed by atoms with Gasteiger partial charge in [-0.15, -0.1) is 0 Å². The third-order valence-corrected chi connectivity index (χ3v) is 4.96. The number of nitrogens with one attached hydrogen (secondary N) is 1.